The molecule has 5 nitrogen and oxygen atoms in total. The summed E-state index contributed by atoms with van der Waals surface area (Å²) in [5.74, 6) is 1.55. The first-order valence-corrected chi connectivity index (χ1v) is 21.5. The van der Waals surface area contributed by atoms with Crippen molar-refractivity contribution in [1.29, 1.82) is 0 Å². The number of rotatable bonds is 16. The Morgan fingerprint density at radius 1 is 0.741 bits per heavy atom. The van der Waals surface area contributed by atoms with Crippen molar-refractivity contribution in [1.82, 2.24) is 0 Å². The van der Waals surface area contributed by atoms with Crippen LogP contribution in [-0.2, 0) is 19.9 Å². The van der Waals surface area contributed by atoms with E-state index in [4.69, 9.17) is 23.2 Å². The lowest BCUT2D eigenvalue weighted by molar-refractivity contribution is 0.115. The highest BCUT2D eigenvalue weighted by Gasteiger charge is 2.28. The quantitative estimate of drug-likeness (QED) is 0.116. The minimum atomic E-state index is -1.64. The van der Waals surface area contributed by atoms with Crippen molar-refractivity contribution in [3.05, 3.63) is 119 Å². The van der Waals surface area contributed by atoms with Gasteiger partial charge in [-0.3, -0.25) is 4.52 Å². The summed E-state index contributed by atoms with van der Waals surface area (Å²) in [5, 5.41) is 7.00. The third kappa shape index (κ3) is 18.0. The third-order valence-corrected chi connectivity index (χ3v) is 10.8. The van der Waals surface area contributed by atoms with Gasteiger partial charge >= 0.3 is 8.60 Å². The first-order chi connectivity index (χ1) is 25.7. The molecular formula is C47H78O5P2. The summed E-state index contributed by atoms with van der Waals surface area (Å²) < 4.78 is 24.5. The van der Waals surface area contributed by atoms with Crippen molar-refractivity contribution in [3.63, 3.8) is 0 Å². The second-order valence-electron chi connectivity index (χ2n) is 14.0. The van der Waals surface area contributed by atoms with Crippen LogP contribution < -0.4 is 9.05 Å². The van der Waals surface area contributed by atoms with Crippen LogP contribution in [0.4, 0.5) is 0 Å². The first-order valence-electron chi connectivity index (χ1n) is 19.9. The van der Waals surface area contributed by atoms with Crippen LogP contribution in [0.15, 0.2) is 96.6 Å². The Kier molecular flexibility index (Phi) is 28.6. The fourth-order valence-electron chi connectivity index (χ4n) is 5.09. The molecule has 3 unspecified atom stereocenters. The second kappa shape index (κ2) is 28.8. The van der Waals surface area contributed by atoms with Crippen LogP contribution in [0.3, 0.4) is 0 Å². The Balaban J connectivity index is 0. The van der Waals surface area contributed by atoms with Gasteiger partial charge in [0.05, 0.1) is 22.2 Å². The normalized spacial score (nSPS) is 12.7. The maximum absolute atomic E-state index is 7.00. The molecule has 3 aromatic carbocycles. The van der Waals surface area contributed by atoms with E-state index >= 15 is 0 Å². The fraction of sp³-hybridized carbons (Fsp3) is 0.532. The van der Waals surface area contributed by atoms with E-state index in [9.17, 15) is 0 Å². The van der Waals surface area contributed by atoms with Gasteiger partial charge in [-0.15, -0.1) is 0 Å². The predicted octanol–water partition coefficient (Wildman–Crippen LogP) is 14.9. The Morgan fingerprint density at radius 3 is 1.57 bits per heavy atom. The van der Waals surface area contributed by atoms with Crippen LogP contribution >= 0.6 is 18.1 Å². The average molecular weight is 785 g/mol. The van der Waals surface area contributed by atoms with Gasteiger partial charge in [-0.1, -0.05) is 169 Å². The Bertz CT molecular complexity index is 1410. The molecule has 0 aromatic heterocycles. The molecule has 1 N–H and O–H groups in total. The molecule has 0 fully saturated rings. The largest absolute Gasteiger partial charge is 0.480 e. The van der Waals surface area contributed by atoms with E-state index < -0.39 is 8.60 Å². The SMILES string of the molecule is C/C=C(\C=C/C(C)OP(OCC(C)(CC)CC)Oc1ccc(C(C)(C)c2ccc(OP)cc2)cc1)C(C)(C)c1ccc(C)cc1.CC.CC.CCC.CO. The number of aliphatic hydroxyl groups is 1. The number of aliphatic hydroxyl groups excluding tert-OH is 1. The molecule has 0 radical (unpaired) electrons. The molecule has 306 valence electrons. The molecule has 0 aliphatic rings. The molecule has 0 amide bonds. The molecular weight excluding hydrogens is 706 g/mol. The van der Waals surface area contributed by atoms with Crippen molar-refractivity contribution in [2.45, 2.75) is 147 Å². The number of allylic oxidation sites excluding steroid dienone is 3. The Labute approximate surface area is 336 Å². The van der Waals surface area contributed by atoms with Gasteiger partial charge in [-0.05, 0) is 85.6 Å². The molecule has 0 saturated heterocycles. The summed E-state index contributed by atoms with van der Waals surface area (Å²) in [7, 11) is 1.66. The van der Waals surface area contributed by atoms with Gasteiger partial charge in [0.25, 0.3) is 0 Å². The van der Waals surface area contributed by atoms with E-state index in [1.54, 1.807) is 0 Å². The van der Waals surface area contributed by atoms with E-state index in [1.165, 1.54) is 34.2 Å². The molecule has 54 heavy (non-hydrogen) atoms. The highest BCUT2D eigenvalue weighted by atomic mass is 31.2. The lowest BCUT2D eigenvalue weighted by atomic mass is 9.77. The molecule has 3 aromatic rings. The van der Waals surface area contributed by atoms with E-state index in [-0.39, 0.29) is 22.3 Å². The third-order valence-electron chi connectivity index (χ3n) is 9.30. The monoisotopic (exact) mass is 785 g/mol. The zero-order valence-electron chi connectivity index (χ0n) is 37.2. The number of hydrogen-bond donors (Lipinski definition) is 1. The highest BCUT2D eigenvalue weighted by molar-refractivity contribution is 7.42. The van der Waals surface area contributed by atoms with Gasteiger partial charge in [0.1, 0.15) is 11.5 Å². The van der Waals surface area contributed by atoms with Crippen molar-refractivity contribution < 1.29 is 23.2 Å². The topological polar surface area (TPSA) is 57.2 Å². The van der Waals surface area contributed by atoms with Crippen molar-refractivity contribution in [2.75, 3.05) is 13.7 Å². The average Bonchev–Trinajstić information content (AvgIpc) is 3.20. The van der Waals surface area contributed by atoms with Crippen LogP contribution in [0, 0.1) is 12.3 Å². The van der Waals surface area contributed by atoms with Gasteiger partial charge in [-0.2, -0.15) is 0 Å². The van der Waals surface area contributed by atoms with Crippen molar-refractivity contribution >= 4 is 18.1 Å². The van der Waals surface area contributed by atoms with Gasteiger partial charge in [0, 0.05) is 17.9 Å². The molecule has 0 saturated carbocycles. The standard InChI is InChI=1S/C39H54O4P2.C3H8.2C2H6.CH4O/c1-11-31(37(6,7)32-17-14-29(4)15-18-32)19-16-30(5)42-45(40-28-39(10,12-2)13-3)43-36-26-22-34(23-27-36)38(8,9)33-20-24-35(41-44)25-21-33;1-3-2;3*1-2/h11,14-27,30H,12-13,28,44H2,1-10H3;3H2,1-2H3;2*1-2H3;2H,1H3/b19-16-,31-11+;;;;. The minimum Gasteiger partial charge on any atom is -0.480 e. The number of hydrogen-bond acceptors (Lipinski definition) is 5. The summed E-state index contributed by atoms with van der Waals surface area (Å²) in [5.41, 5.74) is 5.91. The summed E-state index contributed by atoms with van der Waals surface area (Å²) in [6.07, 6.45) is 9.55. The van der Waals surface area contributed by atoms with Crippen molar-refractivity contribution in [3.8, 4) is 11.5 Å². The van der Waals surface area contributed by atoms with Crippen LogP contribution in [0.2, 0.25) is 0 Å². The van der Waals surface area contributed by atoms with Crippen LogP contribution in [0.1, 0.15) is 145 Å². The molecule has 0 spiro atoms. The molecule has 3 rings (SSSR count). The van der Waals surface area contributed by atoms with Gasteiger partial charge < -0.3 is 18.7 Å². The van der Waals surface area contributed by atoms with E-state index in [0.29, 0.717) is 6.61 Å². The second-order valence-corrected chi connectivity index (χ2v) is 15.3. The first kappa shape index (κ1) is 53.6. The lowest BCUT2D eigenvalue weighted by Gasteiger charge is -2.29. The smallest absolute Gasteiger partial charge is 0.397 e. The van der Waals surface area contributed by atoms with Gasteiger partial charge in [0.15, 0.2) is 0 Å². The fourth-order valence-corrected chi connectivity index (χ4v) is 6.46. The van der Waals surface area contributed by atoms with Gasteiger partial charge in [-0.25, -0.2) is 0 Å². The molecule has 0 aliphatic heterocycles. The number of benzene rings is 3. The van der Waals surface area contributed by atoms with Crippen LogP contribution in [0.5, 0.6) is 11.5 Å². The summed E-state index contributed by atoms with van der Waals surface area (Å²) in [6.45, 7) is 34.7. The lowest BCUT2D eigenvalue weighted by Crippen LogP contribution is -2.21. The van der Waals surface area contributed by atoms with E-state index in [1.807, 2.05) is 58.9 Å². The van der Waals surface area contributed by atoms with Crippen molar-refractivity contribution in [2.24, 2.45) is 5.41 Å². The zero-order valence-corrected chi connectivity index (χ0v) is 39.2. The number of aryl methyl sites for hydroxylation is 1. The van der Waals surface area contributed by atoms with Gasteiger partial charge in [0.2, 0.25) is 0 Å². The van der Waals surface area contributed by atoms with Crippen LogP contribution in [0.25, 0.3) is 0 Å². The maximum Gasteiger partial charge on any atom is 0.397 e. The molecule has 0 aliphatic carbocycles. The highest BCUT2D eigenvalue weighted by Crippen LogP contribution is 2.45. The predicted molar refractivity (Wildman–Crippen MR) is 242 cm³/mol. The minimum absolute atomic E-state index is 0.0630. The molecule has 7 heteroatoms. The van der Waals surface area contributed by atoms with E-state index in [2.05, 4.69) is 152 Å². The Morgan fingerprint density at radius 2 is 1.17 bits per heavy atom. The zero-order chi connectivity index (χ0) is 42.0. The Hall–Kier alpha value is -2.52. The van der Waals surface area contributed by atoms with E-state index in [0.717, 1.165) is 31.5 Å². The molecule has 3 atom stereocenters. The molecule has 0 bridgehead atoms. The molecule has 0 heterocycles. The summed E-state index contributed by atoms with van der Waals surface area (Å²) in [6, 6.07) is 25.3. The van der Waals surface area contributed by atoms with Crippen LogP contribution in [-0.4, -0.2) is 24.9 Å². The maximum atomic E-state index is 7.00. The summed E-state index contributed by atoms with van der Waals surface area (Å²) in [4.78, 5) is 0. The summed E-state index contributed by atoms with van der Waals surface area (Å²) >= 11 is 0.